The van der Waals surface area contributed by atoms with Crippen LogP contribution in [0.1, 0.15) is 16.7 Å². The van der Waals surface area contributed by atoms with Gasteiger partial charge in [-0.05, 0) is 42.8 Å². The minimum atomic E-state index is -0.370. The van der Waals surface area contributed by atoms with E-state index in [0.717, 1.165) is 11.3 Å². The number of nitrogens with one attached hydrogen (secondary N) is 1. The van der Waals surface area contributed by atoms with Gasteiger partial charge in [-0.1, -0.05) is 17.7 Å². The normalized spacial score (nSPS) is 10.3. The fourth-order valence-corrected chi connectivity index (χ4v) is 2.06. The molecule has 0 saturated carbocycles. The van der Waals surface area contributed by atoms with Crippen molar-refractivity contribution in [3.63, 3.8) is 0 Å². The van der Waals surface area contributed by atoms with E-state index >= 15 is 0 Å². The molecule has 0 fully saturated rings. The Morgan fingerprint density at radius 1 is 1.20 bits per heavy atom. The average molecular weight is 271 g/mol. The molecule has 2 rings (SSSR count). The first-order chi connectivity index (χ1) is 9.45. The lowest BCUT2D eigenvalue weighted by Crippen LogP contribution is -2.18. The fraction of sp³-hybridized carbons (Fsp3) is 0.188. The second-order valence-corrected chi connectivity index (χ2v) is 4.95. The molecule has 104 valence electrons. The third kappa shape index (κ3) is 3.35. The van der Waals surface area contributed by atoms with E-state index in [-0.39, 0.29) is 11.7 Å². The third-order valence-electron chi connectivity index (χ3n) is 3.16. The van der Waals surface area contributed by atoms with Crippen LogP contribution in [0.15, 0.2) is 42.5 Å². The minimum absolute atomic E-state index is 0.122. The van der Waals surface area contributed by atoms with Gasteiger partial charge in [0.25, 0.3) is 0 Å². The fourth-order valence-electron chi connectivity index (χ4n) is 2.06. The molecular weight excluding hydrogens is 253 g/mol. The van der Waals surface area contributed by atoms with Crippen LogP contribution in [-0.4, -0.2) is 12.9 Å². The quantitative estimate of drug-likeness (QED) is 0.663. The topological polar surface area (TPSA) is 53.1 Å². The van der Waals surface area contributed by atoms with Gasteiger partial charge in [-0.2, -0.15) is 0 Å². The Morgan fingerprint density at radius 2 is 1.85 bits per heavy atom. The van der Waals surface area contributed by atoms with Gasteiger partial charge in [-0.25, -0.2) is 4.39 Å². The van der Waals surface area contributed by atoms with Crippen LogP contribution in [0.4, 0.5) is 10.1 Å². The zero-order chi connectivity index (χ0) is 14.7. The van der Waals surface area contributed by atoms with Gasteiger partial charge in [0.15, 0.2) is 0 Å². The third-order valence-corrected chi connectivity index (χ3v) is 3.16. The molecule has 2 aromatic carbocycles. The molecule has 0 spiro atoms. The standard InChI is InChI=1S/C16H18FN3/c1-11-3-5-15(6-4-11)20(2)10-12-7-13(16(18)19)9-14(17)8-12/h3-9H,10H2,1-2H3,(H3,18,19). The smallest absolute Gasteiger partial charge is 0.124 e. The van der Waals surface area contributed by atoms with Crippen LogP contribution in [0.5, 0.6) is 0 Å². The molecule has 4 heteroatoms. The van der Waals surface area contributed by atoms with Crippen LogP contribution >= 0.6 is 0 Å². The van der Waals surface area contributed by atoms with Crippen molar-refractivity contribution in [1.29, 1.82) is 5.41 Å². The van der Waals surface area contributed by atoms with Crippen molar-refractivity contribution in [2.75, 3.05) is 11.9 Å². The van der Waals surface area contributed by atoms with Gasteiger partial charge in [0.1, 0.15) is 11.7 Å². The molecule has 0 bridgehead atoms. The molecule has 3 nitrogen and oxygen atoms in total. The molecular formula is C16H18FN3. The first-order valence-corrected chi connectivity index (χ1v) is 6.37. The van der Waals surface area contributed by atoms with Gasteiger partial charge in [-0.3, -0.25) is 5.41 Å². The van der Waals surface area contributed by atoms with E-state index < -0.39 is 0 Å². The largest absolute Gasteiger partial charge is 0.384 e. The SMILES string of the molecule is Cc1ccc(N(C)Cc2cc(F)cc(C(=N)N)c2)cc1. The molecule has 0 radical (unpaired) electrons. The highest BCUT2D eigenvalue weighted by molar-refractivity contribution is 5.95. The Kier molecular flexibility index (Phi) is 4.03. The summed E-state index contributed by atoms with van der Waals surface area (Å²) in [6.45, 7) is 2.59. The average Bonchev–Trinajstić information content (AvgIpc) is 2.38. The Bertz CT molecular complexity index is 620. The van der Waals surface area contributed by atoms with Crippen LogP contribution in [0, 0.1) is 18.2 Å². The van der Waals surface area contributed by atoms with Gasteiger partial charge >= 0.3 is 0 Å². The number of hydrogen-bond donors (Lipinski definition) is 2. The van der Waals surface area contributed by atoms with Crippen molar-refractivity contribution < 1.29 is 4.39 Å². The number of halogens is 1. The van der Waals surface area contributed by atoms with Gasteiger partial charge in [0.05, 0.1) is 0 Å². The Labute approximate surface area is 118 Å². The van der Waals surface area contributed by atoms with E-state index in [2.05, 4.69) is 0 Å². The summed E-state index contributed by atoms with van der Waals surface area (Å²) in [6, 6.07) is 12.6. The van der Waals surface area contributed by atoms with E-state index in [4.69, 9.17) is 11.1 Å². The van der Waals surface area contributed by atoms with Crippen molar-refractivity contribution in [3.8, 4) is 0 Å². The summed E-state index contributed by atoms with van der Waals surface area (Å²) in [6.07, 6.45) is 0. The molecule has 2 aromatic rings. The van der Waals surface area contributed by atoms with Crippen LogP contribution in [0.3, 0.4) is 0 Å². The predicted molar refractivity (Wildman–Crippen MR) is 80.7 cm³/mol. The van der Waals surface area contributed by atoms with E-state index in [1.165, 1.54) is 17.7 Å². The molecule has 0 atom stereocenters. The zero-order valence-corrected chi connectivity index (χ0v) is 11.7. The first kappa shape index (κ1) is 14.1. The summed E-state index contributed by atoms with van der Waals surface area (Å²) in [5, 5.41) is 7.40. The molecule has 3 N–H and O–H groups in total. The molecule has 20 heavy (non-hydrogen) atoms. The van der Waals surface area contributed by atoms with Gasteiger partial charge in [0, 0.05) is 24.8 Å². The highest BCUT2D eigenvalue weighted by Crippen LogP contribution is 2.17. The number of hydrogen-bond acceptors (Lipinski definition) is 2. The number of nitrogen functional groups attached to an aromatic ring is 1. The van der Waals surface area contributed by atoms with Crippen LogP contribution in [-0.2, 0) is 6.54 Å². The molecule has 0 saturated heterocycles. The lowest BCUT2D eigenvalue weighted by atomic mass is 10.1. The molecule has 0 aliphatic heterocycles. The lowest BCUT2D eigenvalue weighted by Gasteiger charge is -2.20. The molecule has 0 aliphatic rings. The van der Waals surface area contributed by atoms with Crippen LogP contribution in [0.25, 0.3) is 0 Å². The van der Waals surface area contributed by atoms with E-state index in [0.29, 0.717) is 12.1 Å². The van der Waals surface area contributed by atoms with Crippen molar-refractivity contribution in [2.45, 2.75) is 13.5 Å². The number of nitrogens with two attached hydrogens (primary N) is 1. The maximum atomic E-state index is 13.5. The van der Waals surface area contributed by atoms with Crippen molar-refractivity contribution in [2.24, 2.45) is 5.73 Å². The number of rotatable bonds is 4. The summed E-state index contributed by atoms with van der Waals surface area (Å²) >= 11 is 0. The van der Waals surface area contributed by atoms with Gasteiger partial charge in [-0.15, -0.1) is 0 Å². The Morgan fingerprint density at radius 3 is 2.45 bits per heavy atom. The maximum Gasteiger partial charge on any atom is 0.124 e. The summed E-state index contributed by atoms with van der Waals surface area (Å²) in [5.41, 5.74) is 8.88. The molecule has 0 amide bonds. The van der Waals surface area contributed by atoms with Crippen molar-refractivity contribution in [3.05, 3.63) is 65.0 Å². The maximum absolute atomic E-state index is 13.5. The zero-order valence-electron chi connectivity index (χ0n) is 11.7. The summed E-state index contributed by atoms with van der Waals surface area (Å²) < 4.78 is 13.5. The first-order valence-electron chi connectivity index (χ1n) is 6.37. The van der Waals surface area contributed by atoms with Crippen LogP contribution in [0.2, 0.25) is 0 Å². The van der Waals surface area contributed by atoms with Gasteiger partial charge in [0.2, 0.25) is 0 Å². The lowest BCUT2D eigenvalue weighted by molar-refractivity contribution is 0.624. The molecule has 0 unspecified atom stereocenters. The second-order valence-electron chi connectivity index (χ2n) is 4.95. The van der Waals surface area contributed by atoms with Crippen molar-refractivity contribution >= 4 is 11.5 Å². The predicted octanol–water partition coefficient (Wildman–Crippen LogP) is 3.05. The highest BCUT2D eigenvalue weighted by atomic mass is 19.1. The highest BCUT2D eigenvalue weighted by Gasteiger charge is 2.06. The molecule has 0 aliphatic carbocycles. The minimum Gasteiger partial charge on any atom is -0.384 e. The number of nitrogens with zero attached hydrogens (tertiary/aromatic N) is 1. The summed E-state index contributed by atoms with van der Waals surface area (Å²) in [5.74, 6) is -0.492. The van der Waals surface area contributed by atoms with Crippen LogP contribution < -0.4 is 10.6 Å². The summed E-state index contributed by atoms with van der Waals surface area (Å²) in [4.78, 5) is 2.03. The van der Waals surface area contributed by atoms with E-state index in [9.17, 15) is 4.39 Å². The molecule has 0 aromatic heterocycles. The van der Waals surface area contributed by atoms with E-state index in [1.807, 2.05) is 43.1 Å². The number of amidine groups is 1. The van der Waals surface area contributed by atoms with Crippen molar-refractivity contribution in [1.82, 2.24) is 0 Å². The number of benzene rings is 2. The Balaban J connectivity index is 2.21. The number of anilines is 1. The number of aryl methyl sites for hydroxylation is 1. The Hall–Kier alpha value is -2.36. The molecule has 0 heterocycles. The monoisotopic (exact) mass is 271 g/mol. The van der Waals surface area contributed by atoms with E-state index in [1.54, 1.807) is 6.07 Å². The second kappa shape index (κ2) is 5.74. The van der Waals surface area contributed by atoms with Gasteiger partial charge < -0.3 is 10.6 Å². The summed E-state index contributed by atoms with van der Waals surface area (Å²) in [7, 11) is 1.95.